The zero-order valence-electron chi connectivity index (χ0n) is 13.8. The van der Waals surface area contributed by atoms with Crippen molar-refractivity contribution in [1.29, 1.82) is 0 Å². The highest BCUT2D eigenvalue weighted by Crippen LogP contribution is 2.11. The monoisotopic (exact) mass is 343 g/mol. The summed E-state index contributed by atoms with van der Waals surface area (Å²) in [5.41, 5.74) is 1.17. The molecule has 0 aliphatic carbocycles. The van der Waals surface area contributed by atoms with Crippen molar-refractivity contribution in [2.24, 2.45) is 0 Å². The van der Waals surface area contributed by atoms with E-state index in [9.17, 15) is 13.2 Å². The maximum Gasteiger partial charge on any atom is 0.278 e. The minimum Gasteiger partial charge on any atom is -0.494 e. The Morgan fingerprint density at radius 1 is 1.17 bits per heavy atom. The molecule has 0 bridgehead atoms. The Morgan fingerprint density at radius 2 is 1.83 bits per heavy atom. The average Bonchev–Trinajstić information content (AvgIpc) is 2.50. The van der Waals surface area contributed by atoms with Gasteiger partial charge in [0.15, 0.2) is 0 Å². The van der Waals surface area contributed by atoms with Gasteiger partial charge >= 0.3 is 0 Å². The lowest BCUT2D eigenvalue weighted by Crippen LogP contribution is -2.40. The van der Waals surface area contributed by atoms with E-state index in [-0.39, 0.29) is 19.0 Å². The van der Waals surface area contributed by atoms with Crippen LogP contribution in [-0.2, 0) is 15.0 Å². The molecule has 2 N–H and O–H groups in total. The van der Waals surface area contributed by atoms with Crippen molar-refractivity contribution in [2.75, 3.05) is 33.8 Å². The van der Waals surface area contributed by atoms with Gasteiger partial charge in [0.05, 0.1) is 6.61 Å². The van der Waals surface area contributed by atoms with Gasteiger partial charge in [-0.25, -0.2) is 4.72 Å². The van der Waals surface area contributed by atoms with Gasteiger partial charge in [0.2, 0.25) is 5.91 Å². The Hall–Kier alpha value is -1.64. The summed E-state index contributed by atoms with van der Waals surface area (Å²) in [5, 5.41) is 2.66. The second kappa shape index (κ2) is 9.49. The van der Waals surface area contributed by atoms with Crippen molar-refractivity contribution in [3.63, 3.8) is 0 Å². The second-order valence-corrected chi connectivity index (χ2v) is 7.27. The van der Waals surface area contributed by atoms with Gasteiger partial charge in [-0.15, -0.1) is 0 Å². The SMILES string of the molecule is Cc1ccc(OCCCC(=O)NCCNS(=O)(=O)N(C)C)cc1. The molecule has 0 saturated heterocycles. The average molecular weight is 343 g/mol. The summed E-state index contributed by atoms with van der Waals surface area (Å²) in [7, 11) is -0.560. The van der Waals surface area contributed by atoms with Crippen LogP contribution in [-0.4, -0.2) is 52.4 Å². The third-order valence-electron chi connectivity index (χ3n) is 3.05. The Labute approximate surface area is 138 Å². The van der Waals surface area contributed by atoms with Crippen LogP contribution in [0, 0.1) is 6.92 Å². The first-order valence-corrected chi connectivity index (χ1v) is 8.88. The fourth-order valence-corrected chi connectivity index (χ4v) is 2.27. The number of benzene rings is 1. The van der Waals surface area contributed by atoms with E-state index in [0.717, 1.165) is 10.1 Å². The minimum absolute atomic E-state index is 0.124. The molecular formula is C15H25N3O4S. The summed E-state index contributed by atoms with van der Waals surface area (Å²) in [6, 6.07) is 7.73. The second-order valence-electron chi connectivity index (χ2n) is 5.30. The van der Waals surface area contributed by atoms with E-state index in [1.54, 1.807) is 0 Å². The smallest absolute Gasteiger partial charge is 0.278 e. The molecule has 0 saturated carbocycles. The van der Waals surface area contributed by atoms with E-state index >= 15 is 0 Å². The maximum absolute atomic E-state index is 11.6. The molecule has 7 nitrogen and oxygen atoms in total. The van der Waals surface area contributed by atoms with Crippen LogP contribution in [0.5, 0.6) is 5.75 Å². The standard InChI is InChI=1S/C15H25N3O4S/c1-13-6-8-14(9-7-13)22-12-4-5-15(19)16-10-11-17-23(20,21)18(2)3/h6-9,17H,4-5,10-12H2,1-3H3,(H,16,19). The van der Waals surface area contributed by atoms with Gasteiger partial charge in [-0.1, -0.05) is 17.7 Å². The summed E-state index contributed by atoms with van der Waals surface area (Å²) in [6.45, 7) is 2.88. The van der Waals surface area contributed by atoms with Gasteiger partial charge in [0, 0.05) is 33.6 Å². The number of amides is 1. The molecule has 0 unspecified atom stereocenters. The van der Waals surface area contributed by atoms with Gasteiger partial charge < -0.3 is 10.1 Å². The highest BCUT2D eigenvalue weighted by Gasteiger charge is 2.11. The molecule has 130 valence electrons. The van der Waals surface area contributed by atoms with Gasteiger partial charge in [-0.3, -0.25) is 4.79 Å². The number of hydrogen-bond acceptors (Lipinski definition) is 4. The number of rotatable bonds is 10. The fourth-order valence-electron chi connectivity index (χ4n) is 1.66. The number of aryl methyl sites for hydroxylation is 1. The van der Waals surface area contributed by atoms with Crippen molar-refractivity contribution in [2.45, 2.75) is 19.8 Å². The molecule has 1 aromatic rings. The molecule has 0 aromatic heterocycles. The molecule has 1 rings (SSSR count). The van der Waals surface area contributed by atoms with E-state index < -0.39 is 10.2 Å². The van der Waals surface area contributed by atoms with Gasteiger partial charge in [-0.05, 0) is 25.5 Å². The topological polar surface area (TPSA) is 87.7 Å². The van der Waals surface area contributed by atoms with Crippen molar-refractivity contribution in [1.82, 2.24) is 14.3 Å². The molecule has 0 aliphatic rings. The number of ether oxygens (including phenoxy) is 1. The Bertz CT molecular complexity index is 585. The normalized spacial score (nSPS) is 11.5. The molecule has 0 fully saturated rings. The molecule has 8 heteroatoms. The van der Waals surface area contributed by atoms with E-state index in [4.69, 9.17) is 4.74 Å². The summed E-state index contributed by atoms with van der Waals surface area (Å²) >= 11 is 0. The predicted octanol–water partition coefficient (Wildman–Crippen LogP) is 0.666. The van der Waals surface area contributed by atoms with Crippen LogP contribution in [0.1, 0.15) is 18.4 Å². The third-order valence-corrected chi connectivity index (χ3v) is 4.58. The van der Waals surface area contributed by atoms with Crippen LogP contribution in [0.2, 0.25) is 0 Å². The maximum atomic E-state index is 11.6. The van der Waals surface area contributed by atoms with Gasteiger partial charge in [0.1, 0.15) is 5.75 Å². The van der Waals surface area contributed by atoms with E-state index in [1.165, 1.54) is 19.7 Å². The molecule has 1 amide bonds. The van der Waals surface area contributed by atoms with E-state index in [1.807, 2.05) is 31.2 Å². The molecule has 0 spiro atoms. The molecule has 23 heavy (non-hydrogen) atoms. The lowest BCUT2D eigenvalue weighted by Gasteiger charge is -2.12. The lowest BCUT2D eigenvalue weighted by atomic mass is 10.2. The first-order chi connectivity index (χ1) is 10.8. The fraction of sp³-hybridized carbons (Fsp3) is 0.533. The Balaban J connectivity index is 2.09. The lowest BCUT2D eigenvalue weighted by molar-refractivity contribution is -0.121. The summed E-state index contributed by atoms with van der Waals surface area (Å²) in [5.74, 6) is 0.663. The Morgan fingerprint density at radius 3 is 2.43 bits per heavy atom. The van der Waals surface area contributed by atoms with Crippen LogP contribution < -0.4 is 14.8 Å². The summed E-state index contributed by atoms with van der Waals surface area (Å²) in [4.78, 5) is 11.6. The van der Waals surface area contributed by atoms with Gasteiger partial charge in [-0.2, -0.15) is 12.7 Å². The number of carbonyl (C=O) groups excluding carboxylic acids is 1. The number of nitrogens with one attached hydrogen (secondary N) is 2. The van der Waals surface area contributed by atoms with Crippen molar-refractivity contribution < 1.29 is 17.9 Å². The number of carbonyl (C=O) groups is 1. The molecule has 1 aromatic carbocycles. The molecule has 0 aliphatic heterocycles. The van der Waals surface area contributed by atoms with Crippen molar-refractivity contribution in [3.8, 4) is 5.75 Å². The van der Waals surface area contributed by atoms with Crippen LogP contribution >= 0.6 is 0 Å². The third kappa shape index (κ3) is 7.96. The molecular weight excluding hydrogens is 318 g/mol. The highest BCUT2D eigenvalue weighted by molar-refractivity contribution is 7.87. The van der Waals surface area contributed by atoms with Crippen LogP contribution in [0.3, 0.4) is 0 Å². The summed E-state index contributed by atoms with van der Waals surface area (Å²) in [6.07, 6.45) is 0.940. The zero-order valence-corrected chi connectivity index (χ0v) is 14.6. The summed E-state index contributed by atoms with van der Waals surface area (Å²) < 4.78 is 31.8. The quantitative estimate of drug-likeness (QED) is 0.611. The van der Waals surface area contributed by atoms with Crippen molar-refractivity contribution in [3.05, 3.63) is 29.8 Å². The predicted molar refractivity (Wildman–Crippen MR) is 89.5 cm³/mol. The number of nitrogens with zero attached hydrogens (tertiary/aromatic N) is 1. The zero-order chi connectivity index (χ0) is 17.3. The van der Waals surface area contributed by atoms with Gasteiger partial charge in [0.25, 0.3) is 10.2 Å². The highest BCUT2D eigenvalue weighted by atomic mass is 32.2. The van der Waals surface area contributed by atoms with E-state index in [0.29, 0.717) is 19.4 Å². The Kier molecular flexibility index (Phi) is 8.01. The van der Waals surface area contributed by atoms with Crippen LogP contribution in [0.4, 0.5) is 0 Å². The molecule has 0 radical (unpaired) electrons. The number of hydrogen-bond donors (Lipinski definition) is 2. The minimum atomic E-state index is -3.44. The van der Waals surface area contributed by atoms with Crippen molar-refractivity contribution >= 4 is 16.1 Å². The van der Waals surface area contributed by atoms with E-state index in [2.05, 4.69) is 10.0 Å². The molecule has 0 atom stereocenters. The largest absolute Gasteiger partial charge is 0.494 e. The first-order valence-electron chi connectivity index (χ1n) is 7.44. The first kappa shape index (κ1) is 19.4. The van der Waals surface area contributed by atoms with Crippen LogP contribution in [0.25, 0.3) is 0 Å². The molecule has 0 heterocycles. The van der Waals surface area contributed by atoms with Crippen LogP contribution in [0.15, 0.2) is 24.3 Å².